The van der Waals surface area contributed by atoms with Crippen LogP contribution in [0.1, 0.15) is 66.1 Å². The van der Waals surface area contributed by atoms with Gasteiger partial charge in [-0.15, -0.1) is 0 Å². The monoisotopic (exact) mass is 282 g/mol. The van der Waals surface area contributed by atoms with Crippen molar-refractivity contribution in [2.24, 2.45) is 5.41 Å². The average molecular weight is 282 g/mol. The number of hydrogen-bond acceptors (Lipinski definition) is 5. The lowest BCUT2D eigenvalue weighted by Gasteiger charge is -2.24. The van der Waals surface area contributed by atoms with Crippen LogP contribution in [0, 0.1) is 5.41 Å². The molecule has 0 atom stereocenters. The van der Waals surface area contributed by atoms with Crippen LogP contribution in [0.2, 0.25) is 0 Å². The number of carbonyl (C=O) groups excluding carboxylic acids is 1. The number of rotatable bonds is 6. The quantitative estimate of drug-likeness (QED) is 0.749. The normalized spacial score (nSPS) is 12.5. The Kier molecular flexibility index (Phi) is 5.31. The van der Waals surface area contributed by atoms with E-state index in [1.807, 2.05) is 13.8 Å². The predicted molar refractivity (Wildman–Crippen MR) is 76.4 cm³/mol. The van der Waals surface area contributed by atoms with Gasteiger partial charge in [-0.25, -0.2) is 0 Å². The fourth-order valence-corrected chi connectivity index (χ4v) is 2.19. The maximum Gasteiger partial charge on any atom is 0.321 e. The molecule has 0 spiro atoms. The Hall–Kier alpha value is -1.39. The number of esters is 1. The number of nitrogens with zero attached hydrogens (tertiary/aromatic N) is 2. The fraction of sp³-hybridized carbons (Fsp3) is 0.800. The standard InChI is InChI=1S/C15H26N2O3/c1-7-15(8-2,13(18)19-9-3)12-16-11(17-20-12)10-14(4,5)6/h7-10H2,1-6H3. The molecule has 1 rings (SSSR count). The van der Waals surface area contributed by atoms with E-state index in [2.05, 4.69) is 30.9 Å². The van der Waals surface area contributed by atoms with Crippen molar-refractivity contribution in [3.8, 4) is 0 Å². The molecular formula is C15H26N2O3. The third kappa shape index (κ3) is 3.58. The molecule has 0 aliphatic rings. The van der Waals surface area contributed by atoms with Crippen molar-refractivity contribution in [3.05, 3.63) is 11.7 Å². The Balaban J connectivity index is 3.07. The van der Waals surface area contributed by atoms with Crippen molar-refractivity contribution in [2.75, 3.05) is 6.61 Å². The number of ether oxygens (including phenoxy) is 1. The molecule has 0 fully saturated rings. The minimum atomic E-state index is -0.820. The van der Waals surface area contributed by atoms with Gasteiger partial charge < -0.3 is 9.26 Å². The third-order valence-corrected chi connectivity index (χ3v) is 3.44. The van der Waals surface area contributed by atoms with Gasteiger partial charge >= 0.3 is 5.97 Å². The second-order valence-corrected chi connectivity index (χ2v) is 6.26. The van der Waals surface area contributed by atoms with Crippen LogP contribution >= 0.6 is 0 Å². The summed E-state index contributed by atoms with van der Waals surface area (Å²) in [5.41, 5.74) is -0.745. The summed E-state index contributed by atoms with van der Waals surface area (Å²) >= 11 is 0. The molecule has 0 N–H and O–H groups in total. The highest BCUT2D eigenvalue weighted by Crippen LogP contribution is 2.32. The Labute approximate surface area is 121 Å². The lowest BCUT2D eigenvalue weighted by molar-refractivity contribution is -0.151. The summed E-state index contributed by atoms with van der Waals surface area (Å²) in [6.45, 7) is 12.4. The molecule has 0 aromatic carbocycles. The molecule has 0 unspecified atom stereocenters. The summed E-state index contributed by atoms with van der Waals surface area (Å²) in [6.07, 6.45) is 1.88. The molecule has 0 saturated heterocycles. The van der Waals surface area contributed by atoms with E-state index in [9.17, 15) is 4.79 Å². The highest BCUT2D eigenvalue weighted by atomic mass is 16.5. The van der Waals surface area contributed by atoms with Crippen molar-refractivity contribution in [2.45, 2.75) is 66.2 Å². The van der Waals surface area contributed by atoms with Gasteiger partial charge in [-0.1, -0.05) is 39.8 Å². The lowest BCUT2D eigenvalue weighted by Crippen LogP contribution is -2.37. The zero-order chi connectivity index (χ0) is 15.4. The van der Waals surface area contributed by atoms with Gasteiger partial charge in [-0.05, 0) is 25.2 Å². The molecule has 0 amide bonds. The molecule has 0 aliphatic carbocycles. The van der Waals surface area contributed by atoms with E-state index in [0.29, 0.717) is 37.6 Å². The van der Waals surface area contributed by atoms with Gasteiger partial charge in [0.05, 0.1) is 6.61 Å². The third-order valence-electron chi connectivity index (χ3n) is 3.44. The van der Waals surface area contributed by atoms with Gasteiger partial charge in [0.1, 0.15) is 5.41 Å². The van der Waals surface area contributed by atoms with E-state index >= 15 is 0 Å². The fourth-order valence-electron chi connectivity index (χ4n) is 2.19. The molecule has 0 radical (unpaired) electrons. The van der Waals surface area contributed by atoms with E-state index in [0.717, 1.165) is 0 Å². The summed E-state index contributed by atoms with van der Waals surface area (Å²) in [4.78, 5) is 16.7. The molecule has 0 saturated carbocycles. The lowest BCUT2D eigenvalue weighted by atomic mass is 9.82. The molecule has 114 valence electrons. The summed E-state index contributed by atoms with van der Waals surface area (Å²) in [5.74, 6) is 0.735. The summed E-state index contributed by atoms with van der Waals surface area (Å²) in [6, 6.07) is 0. The van der Waals surface area contributed by atoms with E-state index in [-0.39, 0.29) is 11.4 Å². The van der Waals surface area contributed by atoms with Crippen LogP contribution in [-0.4, -0.2) is 22.7 Å². The smallest absolute Gasteiger partial charge is 0.321 e. The topological polar surface area (TPSA) is 65.2 Å². The number of hydrogen-bond donors (Lipinski definition) is 0. The summed E-state index contributed by atoms with van der Waals surface area (Å²) in [5, 5.41) is 4.01. The van der Waals surface area contributed by atoms with Crippen molar-refractivity contribution >= 4 is 5.97 Å². The van der Waals surface area contributed by atoms with E-state index in [1.54, 1.807) is 6.92 Å². The van der Waals surface area contributed by atoms with Crippen LogP contribution < -0.4 is 0 Å². The average Bonchev–Trinajstić information content (AvgIpc) is 2.78. The van der Waals surface area contributed by atoms with Crippen LogP contribution in [0.3, 0.4) is 0 Å². The number of aromatic nitrogens is 2. The van der Waals surface area contributed by atoms with Crippen molar-refractivity contribution in [1.29, 1.82) is 0 Å². The molecule has 20 heavy (non-hydrogen) atoms. The minimum absolute atomic E-state index is 0.0756. The maximum absolute atomic E-state index is 12.3. The second kappa shape index (κ2) is 6.37. The first-order valence-corrected chi connectivity index (χ1v) is 7.29. The molecule has 0 aliphatic heterocycles. The second-order valence-electron chi connectivity index (χ2n) is 6.26. The highest BCUT2D eigenvalue weighted by molar-refractivity contribution is 5.81. The molecule has 5 nitrogen and oxygen atoms in total. The van der Waals surface area contributed by atoms with Gasteiger partial charge in [-0.2, -0.15) is 4.98 Å². The van der Waals surface area contributed by atoms with E-state index < -0.39 is 5.41 Å². The van der Waals surface area contributed by atoms with Crippen molar-refractivity contribution < 1.29 is 14.1 Å². The van der Waals surface area contributed by atoms with E-state index in [1.165, 1.54) is 0 Å². The van der Waals surface area contributed by atoms with Crippen molar-refractivity contribution in [3.63, 3.8) is 0 Å². The van der Waals surface area contributed by atoms with Crippen LogP contribution in [-0.2, 0) is 21.4 Å². The maximum atomic E-state index is 12.3. The van der Waals surface area contributed by atoms with Gasteiger partial charge in [0, 0.05) is 6.42 Å². The van der Waals surface area contributed by atoms with E-state index in [4.69, 9.17) is 9.26 Å². The molecule has 0 bridgehead atoms. The van der Waals surface area contributed by atoms with Crippen LogP contribution in [0.4, 0.5) is 0 Å². The van der Waals surface area contributed by atoms with Gasteiger partial charge in [-0.3, -0.25) is 4.79 Å². The Morgan fingerprint density at radius 2 is 1.80 bits per heavy atom. The van der Waals surface area contributed by atoms with Crippen LogP contribution in [0.5, 0.6) is 0 Å². The Bertz CT molecular complexity index is 442. The SMILES string of the molecule is CCOC(=O)C(CC)(CC)c1nc(CC(C)(C)C)no1. The summed E-state index contributed by atoms with van der Waals surface area (Å²) in [7, 11) is 0. The molecule has 1 aromatic heterocycles. The van der Waals surface area contributed by atoms with Crippen molar-refractivity contribution in [1.82, 2.24) is 10.1 Å². The first-order chi connectivity index (χ1) is 9.29. The van der Waals surface area contributed by atoms with Crippen LogP contribution in [0.15, 0.2) is 4.52 Å². The Morgan fingerprint density at radius 3 is 2.25 bits per heavy atom. The first-order valence-electron chi connectivity index (χ1n) is 7.29. The largest absolute Gasteiger partial charge is 0.465 e. The highest BCUT2D eigenvalue weighted by Gasteiger charge is 2.44. The first kappa shape index (κ1) is 16.7. The van der Waals surface area contributed by atoms with Gasteiger partial charge in [0.15, 0.2) is 5.82 Å². The predicted octanol–water partition coefficient (Wildman–Crippen LogP) is 3.28. The molecule has 5 heteroatoms. The minimum Gasteiger partial charge on any atom is -0.465 e. The molecule has 1 heterocycles. The Morgan fingerprint density at radius 1 is 1.20 bits per heavy atom. The molecular weight excluding hydrogens is 256 g/mol. The van der Waals surface area contributed by atoms with Gasteiger partial charge in [0.2, 0.25) is 5.89 Å². The van der Waals surface area contributed by atoms with Gasteiger partial charge in [0.25, 0.3) is 0 Å². The molecule has 1 aromatic rings. The zero-order valence-corrected chi connectivity index (χ0v) is 13.4. The van der Waals surface area contributed by atoms with Crippen LogP contribution in [0.25, 0.3) is 0 Å². The number of carbonyl (C=O) groups is 1. The zero-order valence-electron chi connectivity index (χ0n) is 13.4. The summed E-state index contributed by atoms with van der Waals surface area (Å²) < 4.78 is 10.6.